The molecule has 0 radical (unpaired) electrons. The van der Waals surface area contributed by atoms with Crippen LogP contribution in [0.1, 0.15) is 27.2 Å². The van der Waals surface area contributed by atoms with E-state index in [9.17, 15) is 4.79 Å². The van der Waals surface area contributed by atoms with Crippen LogP contribution >= 0.6 is 0 Å². The third-order valence-electron chi connectivity index (χ3n) is 2.58. The maximum absolute atomic E-state index is 11.6. The fraction of sp³-hybridized carbons (Fsp3) is 0.500. The highest BCUT2D eigenvalue weighted by Gasteiger charge is 2.12. The number of nitrogens with one attached hydrogen (secondary N) is 1. The van der Waals surface area contributed by atoms with E-state index >= 15 is 0 Å². The predicted molar refractivity (Wildman–Crippen MR) is 61.5 cm³/mol. The largest absolute Gasteiger partial charge is 0.311 e. The number of carbonyl (C=O) groups excluding carboxylic acids is 1. The Morgan fingerprint density at radius 3 is 2.67 bits per heavy atom. The third kappa shape index (κ3) is 4.11. The highest BCUT2D eigenvalue weighted by molar-refractivity contribution is 5.89. The standard InChI is InChI=1S/C12H18N2O/c1-9(2)10(3)8-12(15)14-11-6-4-5-7-13-11/h4-7,9-10H,8H2,1-3H3,(H,13,14,15). The topological polar surface area (TPSA) is 42.0 Å². The maximum atomic E-state index is 11.6. The van der Waals surface area contributed by atoms with Crippen molar-refractivity contribution in [1.29, 1.82) is 0 Å². The second kappa shape index (κ2) is 5.49. The van der Waals surface area contributed by atoms with Gasteiger partial charge in [0.05, 0.1) is 0 Å². The fourth-order valence-corrected chi connectivity index (χ4v) is 1.16. The Balaban J connectivity index is 2.43. The Hall–Kier alpha value is -1.38. The van der Waals surface area contributed by atoms with Crippen LogP contribution in [0.3, 0.4) is 0 Å². The van der Waals surface area contributed by atoms with Crippen molar-refractivity contribution in [3.8, 4) is 0 Å². The Labute approximate surface area is 90.9 Å². The molecule has 1 heterocycles. The Kier molecular flexibility index (Phi) is 4.28. The van der Waals surface area contributed by atoms with Crippen molar-refractivity contribution in [2.24, 2.45) is 11.8 Å². The van der Waals surface area contributed by atoms with Gasteiger partial charge in [-0.05, 0) is 24.0 Å². The molecule has 0 aliphatic carbocycles. The summed E-state index contributed by atoms with van der Waals surface area (Å²) in [4.78, 5) is 15.6. The van der Waals surface area contributed by atoms with Crippen LogP contribution in [0, 0.1) is 11.8 Å². The van der Waals surface area contributed by atoms with Gasteiger partial charge in [-0.3, -0.25) is 4.79 Å². The van der Waals surface area contributed by atoms with E-state index in [1.807, 2.05) is 12.1 Å². The van der Waals surface area contributed by atoms with Crippen LogP contribution in [0.25, 0.3) is 0 Å². The molecule has 3 heteroatoms. The number of aromatic nitrogens is 1. The molecular weight excluding hydrogens is 188 g/mol. The molecule has 1 N–H and O–H groups in total. The molecule has 1 aromatic heterocycles. The van der Waals surface area contributed by atoms with E-state index in [4.69, 9.17) is 0 Å². The molecule has 0 spiro atoms. The summed E-state index contributed by atoms with van der Waals surface area (Å²) in [7, 11) is 0. The first-order valence-electron chi connectivity index (χ1n) is 5.30. The molecule has 0 aromatic carbocycles. The molecule has 15 heavy (non-hydrogen) atoms. The lowest BCUT2D eigenvalue weighted by molar-refractivity contribution is -0.117. The molecule has 0 aliphatic rings. The first-order chi connectivity index (χ1) is 7.09. The van der Waals surface area contributed by atoms with Gasteiger partial charge >= 0.3 is 0 Å². The van der Waals surface area contributed by atoms with E-state index in [-0.39, 0.29) is 5.91 Å². The van der Waals surface area contributed by atoms with Crippen LogP contribution in [0.2, 0.25) is 0 Å². The second-order valence-electron chi connectivity index (χ2n) is 4.19. The summed E-state index contributed by atoms with van der Waals surface area (Å²) in [6, 6.07) is 5.47. The van der Waals surface area contributed by atoms with E-state index < -0.39 is 0 Å². The van der Waals surface area contributed by atoms with Crippen molar-refractivity contribution in [1.82, 2.24) is 4.98 Å². The van der Waals surface area contributed by atoms with Crippen LogP contribution in [-0.4, -0.2) is 10.9 Å². The summed E-state index contributed by atoms with van der Waals surface area (Å²) in [5.74, 6) is 1.58. The number of anilines is 1. The third-order valence-corrected chi connectivity index (χ3v) is 2.58. The lowest BCUT2D eigenvalue weighted by Crippen LogP contribution is -2.18. The van der Waals surface area contributed by atoms with E-state index in [1.54, 1.807) is 12.3 Å². The Bertz CT molecular complexity index is 309. The predicted octanol–water partition coefficient (Wildman–Crippen LogP) is 2.70. The van der Waals surface area contributed by atoms with Gasteiger partial charge in [0, 0.05) is 12.6 Å². The molecule has 0 saturated carbocycles. The summed E-state index contributed by atoms with van der Waals surface area (Å²) in [5, 5.41) is 2.78. The first kappa shape index (κ1) is 11.7. The number of carbonyl (C=O) groups is 1. The number of hydrogen-bond donors (Lipinski definition) is 1. The Morgan fingerprint density at radius 1 is 1.40 bits per heavy atom. The van der Waals surface area contributed by atoms with Gasteiger partial charge in [0.1, 0.15) is 5.82 Å². The quantitative estimate of drug-likeness (QED) is 0.823. The molecule has 1 unspecified atom stereocenters. The molecule has 3 nitrogen and oxygen atoms in total. The number of hydrogen-bond acceptors (Lipinski definition) is 2. The maximum Gasteiger partial charge on any atom is 0.225 e. The van der Waals surface area contributed by atoms with E-state index in [0.717, 1.165) is 0 Å². The normalized spacial score (nSPS) is 12.5. The van der Waals surface area contributed by atoms with Crippen LogP contribution < -0.4 is 5.32 Å². The number of rotatable bonds is 4. The smallest absolute Gasteiger partial charge is 0.225 e. The van der Waals surface area contributed by atoms with Crippen LogP contribution in [0.15, 0.2) is 24.4 Å². The first-order valence-corrected chi connectivity index (χ1v) is 5.30. The van der Waals surface area contributed by atoms with Gasteiger partial charge in [-0.25, -0.2) is 4.98 Å². The summed E-state index contributed by atoms with van der Waals surface area (Å²) < 4.78 is 0. The molecule has 1 rings (SSSR count). The molecule has 0 fully saturated rings. The minimum atomic E-state index is 0.0369. The monoisotopic (exact) mass is 206 g/mol. The lowest BCUT2D eigenvalue weighted by atomic mass is 9.94. The molecule has 82 valence electrons. The van der Waals surface area contributed by atoms with Gasteiger partial charge in [0.2, 0.25) is 5.91 Å². The van der Waals surface area contributed by atoms with E-state index in [1.165, 1.54) is 0 Å². The summed E-state index contributed by atoms with van der Waals surface area (Å²) >= 11 is 0. The Morgan fingerprint density at radius 2 is 2.13 bits per heavy atom. The van der Waals surface area contributed by atoms with Crippen molar-refractivity contribution in [3.05, 3.63) is 24.4 Å². The molecule has 1 atom stereocenters. The van der Waals surface area contributed by atoms with Crippen molar-refractivity contribution in [2.75, 3.05) is 5.32 Å². The lowest BCUT2D eigenvalue weighted by Gasteiger charge is -2.14. The van der Waals surface area contributed by atoms with Gasteiger partial charge in [-0.15, -0.1) is 0 Å². The number of pyridine rings is 1. The summed E-state index contributed by atoms with van der Waals surface area (Å²) in [6.07, 6.45) is 2.22. The second-order valence-corrected chi connectivity index (χ2v) is 4.19. The van der Waals surface area contributed by atoms with E-state index in [2.05, 4.69) is 31.1 Å². The fourth-order valence-electron chi connectivity index (χ4n) is 1.16. The van der Waals surface area contributed by atoms with Gasteiger partial charge in [-0.2, -0.15) is 0 Å². The van der Waals surface area contributed by atoms with Crippen LogP contribution in [0.4, 0.5) is 5.82 Å². The molecule has 0 saturated heterocycles. The van der Waals surface area contributed by atoms with Crippen molar-refractivity contribution < 1.29 is 4.79 Å². The molecule has 0 aliphatic heterocycles. The van der Waals surface area contributed by atoms with Gasteiger partial charge in [0.15, 0.2) is 0 Å². The van der Waals surface area contributed by atoms with Crippen molar-refractivity contribution >= 4 is 11.7 Å². The summed E-state index contributed by atoms with van der Waals surface area (Å²) in [5.41, 5.74) is 0. The number of amides is 1. The van der Waals surface area contributed by atoms with Gasteiger partial charge in [0.25, 0.3) is 0 Å². The minimum absolute atomic E-state index is 0.0369. The molecule has 0 bridgehead atoms. The molecule has 1 aromatic rings. The van der Waals surface area contributed by atoms with Crippen molar-refractivity contribution in [2.45, 2.75) is 27.2 Å². The SMILES string of the molecule is CC(C)C(C)CC(=O)Nc1ccccn1. The van der Waals surface area contributed by atoms with Gasteiger partial charge in [-0.1, -0.05) is 26.8 Å². The number of nitrogens with zero attached hydrogens (tertiary/aromatic N) is 1. The highest BCUT2D eigenvalue weighted by Crippen LogP contribution is 2.14. The van der Waals surface area contributed by atoms with Crippen LogP contribution in [0.5, 0.6) is 0 Å². The average Bonchev–Trinajstić information content (AvgIpc) is 2.18. The summed E-state index contributed by atoms with van der Waals surface area (Å²) in [6.45, 7) is 6.33. The zero-order chi connectivity index (χ0) is 11.3. The zero-order valence-electron chi connectivity index (χ0n) is 9.53. The minimum Gasteiger partial charge on any atom is -0.311 e. The van der Waals surface area contributed by atoms with E-state index in [0.29, 0.717) is 24.1 Å². The van der Waals surface area contributed by atoms with Crippen molar-refractivity contribution in [3.63, 3.8) is 0 Å². The zero-order valence-corrected chi connectivity index (χ0v) is 9.53. The average molecular weight is 206 g/mol. The molecule has 1 amide bonds. The van der Waals surface area contributed by atoms with Gasteiger partial charge < -0.3 is 5.32 Å². The molecular formula is C12H18N2O. The highest BCUT2D eigenvalue weighted by atomic mass is 16.1. The van der Waals surface area contributed by atoms with Crippen LogP contribution in [-0.2, 0) is 4.79 Å².